The molecule has 24 heavy (non-hydrogen) atoms. The Hall–Kier alpha value is -3.82. The normalized spacial score (nSPS) is 10.0. The average molecular weight is 331 g/mol. The van der Waals surface area contributed by atoms with E-state index in [4.69, 9.17) is 5.11 Å². The summed E-state index contributed by atoms with van der Waals surface area (Å²) in [4.78, 5) is 43.0. The van der Waals surface area contributed by atoms with Crippen molar-refractivity contribution in [3.05, 3.63) is 73.8 Å². The summed E-state index contributed by atoms with van der Waals surface area (Å²) >= 11 is 0. The van der Waals surface area contributed by atoms with E-state index in [0.29, 0.717) is 0 Å². The molecule has 10 nitrogen and oxygen atoms in total. The van der Waals surface area contributed by atoms with Gasteiger partial charge in [0.2, 0.25) is 0 Å². The van der Waals surface area contributed by atoms with E-state index in [1.165, 1.54) is 24.3 Å². The molecule has 0 saturated heterocycles. The molecule has 0 aliphatic carbocycles. The molecule has 0 atom stereocenters. The zero-order chi connectivity index (χ0) is 17.9. The third-order valence-electron chi connectivity index (χ3n) is 2.95. The largest absolute Gasteiger partial charge is 0.478 e. The second kappa shape index (κ2) is 6.52. The SMILES string of the molecule is O=C(O)c1cccc(NC(=O)c2cc([N+](=O)[O-])cc([N+](=O)[O-])c2)c1. The highest BCUT2D eigenvalue weighted by Gasteiger charge is 2.20. The molecule has 2 aromatic carbocycles. The number of carbonyl (C=O) groups is 2. The smallest absolute Gasteiger partial charge is 0.335 e. The molecule has 0 radical (unpaired) electrons. The first-order valence-corrected chi connectivity index (χ1v) is 6.36. The number of carbonyl (C=O) groups excluding carboxylic acids is 1. The Balaban J connectivity index is 2.35. The van der Waals surface area contributed by atoms with Crippen LogP contribution in [0.15, 0.2) is 42.5 Å². The van der Waals surface area contributed by atoms with Gasteiger partial charge in [0.25, 0.3) is 17.3 Å². The monoisotopic (exact) mass is 331 g/mol. The summed E-state index contributed by atoms with van der Waals surface area (Å²) in [6, 6.07) is 7.84. The molecule has 1 amide bonds. The maximum absolute atomic E-state index is 12.1. The van der Waals surface area contributed by atoms with Crippen LogP contribution in [0.25, 0.3) is 0 Å². The van der Waals surface area contributed by atoms with Crippen molar-refractivity contribution in [2.45, 2.75) is 0 Å². The van der Waals surface area contributed by atoms with Gasteiger partial charge in [-0.05, 0) is 18.2 Å². The molecule has 0 aromatic heterocycles. The van der Waals surface area contributed by atoms with E-state index in [9.17, 15) is 29.8 Å². The zero-order valence-corrected chi connectivity index (χ0v) is 11.8. The van der Waals surface area contributed by atoms with Gasteiger partial charge >= 0.3 is 5.97 Å². The first kappa shape index (κ1) is 16.5. The van der Waals surface area contributed by atoms with E-state index in [0.717, 1.165) is 18.2 Å². The number of nitrogens with zero attached hydrogens (tertiary/aromatic N) is 2. The van der Waals surface area contributed by atoms with Gasteiger partial charge in [-0.25, -0.2) is 4.79 Å². The van der Waals surface area contributed by atoms with Gasteiger partial charge in [0.15, 0.2) is 0 Å². The Morgan fingerprint density at radius 2 is 1.50 bits per heavy atom. The number of benzene rings is 2. The van der Waals surface area contributed by atoms with Gasteiger partial charge in [-0.2, -0.15) is 0 Å². The molecule has 2 N–H and O–H groups in total. The van der Waals surface area contributed by atoms with Crippen molar-refractivity contribution in [2.75, 3.05) is 5.32 Å². The van der Waals surface area contributed by atoms with Crippen LogP contribution < -0.4 is 5.32 Å². The molecule has 0 saturated carbocycles. The third kappa shape index (κ3) is 3.68. The van der Waals surface area contributed by atoms with Crippen molar-refractivity contribution in [1.29, 1.82) is 0 Å². The van der Waals surface area contributed by atoms with E-state index in [1.54, 1.807) is 0 Å². The second-order valence-electron chi connectivity index (χ2n) is 4.59. The van der Waals surface area contributed by atoms with Crippen LogP contribution in [0.5, 0.6) is 0 Å². The number of nitrogens with one attached hydrogen (secondary N) is 1. The maximum Gasteiger partial charge on any atom is 0.335 e. The average Bonchev–Trinajstić information content (AvgIpc) is 2.54. The van der Waals surface area contributed by atoms with Crippen molar-refractivity contribution in [3.63, 3.8) is 0 Å². The number of hydrogen-bond acceptors (Lipinski definition) is 6. The predicted molar refractivity (Wildman–Crippen MR) is 81.1 cm³/mol. The number of rotatable bonds is 5. The summed E-state index contributed by atoms with van der Waals surface area (Å²) in [7, 11) is 0. The Labute approximate surface area is 133 Å². The highest BCUT2D eigenvalue weighted by molar-refractivity contribution is 6.05. The molecular weight excluding hydrogens is 322 g/mol. The molecule has 0 unspecified atom stereocenters. The van der Waals surface area contributed by atoms with Crippen LogP contribution in [0.4, 0.5) is 17.1 Å². The lowest BCUT2D eigenvalue weighted by Gasteiger charge is -2.06. The molecule has 122 valence electrons. The van der Waals surface area contributed by atoms with Crippen molar-refractivity contribution < 1.29 is 24.5 Å². The Morgan fingerprint density at radius 3 is 2.00 bits per heavy atom. The lowest BCUT2D eigenvalue weighted by Crippen LogP contribution is -2.13. The maximum atomic E-state index is 12.1. The first-order chi connectivity index (χ1) is 11.3. The number of nitro groups is 2. The molecule has 0 heterocycles. The number of non-ortho nitro benzene ring substituents is 2. The molecule has 10 heteroatoms. The Bertz CT molecular complexity index is 831. The van der Waals surface area contributed by atoms with Crippen LogP contribution in [0.1, 0.15) is 20.7 Å². The van der Waals surface area contributed by atoms with Crippen LogP contribution in [0.3, 0.4) is 0 Å². The van der Waals surface area contributed by atoms with Gasteiger partial charge in [-0.3, -0.25) is 25.0 Å². The number of amides is 1. The molecule has 0 aliphatic heterocycles. The van der Waals surface area contributed by atoms with Gasteiger partial charge in [-0.15, -0.1) is 0 Å². The molecule has 2 rings (SSSR count). The van der Waals surface area contributed by atoms with Crippen molar-refractivity contribution >= 4 is 28.9 Å². The predicted octanol–water partition coefficient (Wildman–Crippen LogP) is 2.45. The molecule has 0 spiro atoms. The molecule has 0 aliphatic rings. The Kier molecular flexibility index (Phi) is 4.50. The molecule has 2 aromatic rings. The zero-order valence-electron chi connectivity index (χ0n) is 11.8. The molecule has 0 fully saturated rings. The van der Waals surface area contributed by atoms with E-state index in [-0.39, 0.29) is 16.8 Å². The van der Waals surface area contributed by atoms with Crippen LogP contribution >= 0.6 is 0 Å². The van der Waals surface area contributed by atoms with Gasteiger partial charge < -0.3 is 10.4 Å². The summed E-state index contributed by atoms with van der Waals surface area (Å²) in [5.74, 6) is -2.04. The molecular formula is C14H9N3O7. The summed E-state index contributed by atoms with van der Waals surface area (Å²) in [6.45, 7) is 0. The minimum absolute atomic E-state index is 0.0715. The number of nitro benzene ring substituents is 2. The minimum Gasteiger partial charge on any atom is -0.478 e. The van der Waals surface area contributed by atoms with E-state index < -0.39 is 33.1 Å². The minimum atomic E-state index is -1.20. The standard InChI is InChI=1S/C14H9N3O7/c18-13(15-10-3-1-2-8(4-10)14(19)20)9-5-11(16(21)22)7-12(6-9)17(23)24/h1-7H,(H,15,18)(H,19,20). The van der Waals surface area contributed by atoms with E-state index in [2.05, 4.69) is 5.32 Å². The number of carboxylic acid groups (broad SMARTS) is 1. The fourth-order valence-electron chi connectivity index (χ4n) is 1.87. The number of anilines is 1. The van der Waals surface area contributed by atoms with Gasteiger partial charge in [0.1, 0.15) is 0 Å². The summed E-state index contributed by atoms with van der Waals surface area (Å²) in [5.41, 5.74) is -1.44. The quantitative estimate of drug-likeness (QED) is 0.630. The summed E-state index contributed by atoms with van der Waals surface area (Å²) in [5, 5.41) is 32.9. The summed E-state index contributed by atoms with van der Waals surface area (Å²) in [6.07, 6.45) is 0. The van der Waals surface area contributed by atoms with Crippen LogP contribution in [0.2, 0.25) is 0 Å². The first-order valence-electron chi connectivity index (χ1n) is 6.36. The fourth-order valence-corrected chi connectivity index (χ4v) is 1.87. The second-order valence-corrected chi connectivity index (χ2v) is 4.59. The number of carboxylic acids is 1. The molecule has 0 bridgehead atoms. The highest BCUT2D eigenvalue weighted by atomic mass is 16.6. The van der Waals surface area contributed by atoms with Crippen molar-refractivity contribution in [1.82, 2.24) is 0 Å². The number of aromatic carboxylic acids is 1. The third-order valence-corrected chi connectivity index (χ3v) is 2.95. The van der Waals surface area contributed by atoms with Crippen LogP contribution in [0, 0.1) is 20.2 Å². The van der Waals surface area contributed by atoms with Gasteiger partial charge in [0, 0.05) is 17.8 Å². The van der Waals surface area contributed by atoms with Gasteiger partial charge in [-0.1, -0.05) is 6.07 Å². The highest BCUT2D eigenvalue weighted by Crippen LogP contribution is 2.23. The van der Waals surface area contributed by atoms with E-state index >= 15 is 0 Å². The van der Waals surface area contributed by atoms with Crippen molar-refractivity contribution in [2.24, 2.45) is 0 Å². The van der Waals surface area contributed by atoms with Crippen LogP contribution in [-0.4, -0.2) is 26.8 Å². The Morgan fingerprint density at radius 1 is 0.917 bits per heavy atom. The fraction of sp³-hybridized carbons (Fsp3) is 0. The van der Waals surface area contributed by atoms with Crippen molar-refractivity contribution in [3.8, 4) is 0 Å². The topological polar surface area (TPSA) is 153 Å². The summed E-state index contributed by atoms with van der Waals surface area (Å²) < 4.78 is 0. The lowest BCUT2D eigenvalue weighted by molar-refractivity contribution is -0.394. The number of hydrogen-bond donors (Lipinski definition) is 2. The van der Waals surface area contributed by atoms with Gasteiger partial charge in [0.05, 0.1) is 27.0 Å². The lowest BCUT2D eigenvalue weighted by atomic mass is 10.1. The van der Waals surface area contributed by atoms with E-state index in [1.807, 2.05) is 0 Å². The van der Waals surface area contributed by atoms with Crippen LogP contribution in [-0.2, 0) is 0 Å².